The molecule has 0 radical (unpaired) electrons. The molecule has 1 heterocycles. The average molecular weight is 266 g/mol. The van der Waals surface area contributed by atoms with Gasteiger partial charge in [0.1, 0.15) is 0 Å². The summed E-state index contributed by atoms with van der Waals surface area (Å²) in [6.07, 6.45) is 1.85. The molecule has 0 aliphatic carbocycles. The van der Waals surface area contributed by atoms with Gasteiger partial charge in [-0.25, -0.2) is 0 Å². The van der Waals surface area contributed by atoms with Crippen LogP contribution in [0.15, 0.2) is 54.7 Å². The van der Waals surface area contributed by atoms with Crippen LogP contribution in [0.25, 0.3) is 10.9 Å². The number of rotatable bonds is 3. The lowest BCUT2D eigenvalue weighted by Gasteiger charge is -2.06. The highest BCUT2D eigenvalue weighted by Gasteiger charge is 2.07. The molecule has 3 rings (SSSR count). The third kappa shape index (κ3) is 2.41. The van der Waals surface area contributed by atoms with E-state index in [2.05, 4.69) is 10.3 Å². The van der Waals surface area contributed by atoms with E-state index < -0.39 is 0 Å². The van der Waals surface area contributed by atoms with Crippen molar-refractivity contribution in [3.05, 3.63) is 65.9 Å². The van der Waals surface area contributed by atoms with Gasteiger partial charge >= 0.3 is 0 Å². The Hall–Kier alpha value is -2.59. The summed E-state index contributed by atoms with van der Waals surface area (Å²) in [6.45, 7) is -0.00226. The van der Waals surface area contributed by atoms with Crippen LogP contribution < -0.4 is 5.32 Å². The van der Waals surface area contributed by atoms with Crippen LogP contribution in [0.1, 0.15) is 15.9 Å². The van der Waals surface area contributed by atoms with Crippen molar-refractivity contribution in [2.75, 3.05) is 5.32 Å². The van der Waals surface area contributed by atoms with Gasteiger partial charge in [0.2, 0.25) is 0 Å². The zero-order valence-corrected chi connectivity index (χ0v) is 10.8. The Bertz CT molecular complexity index is 745. The molecule has 100 valence electrons. The number of aliphatic hydroxyl groups excluding tert-OH is 1. The zero-order chi connectivity index (χ0) is 13.9. The van der Waals surface area contributed by atoms with Gasteiger partial charge in [0.25, 0.3) is 5.91 Å². The number of anilines is 1. The lowest BCUT2D eigenvalue weighted by Crippen LogP contribution is -2.11. The maximum Gasteiger partial charge on any atom is 0.255 e. The predicted molar refractivity (Wildman–Crippen MR) is 78.6 cm³/mol. The Morgan fingerprint density at radius 1 is 1.10 bits per heavy atom. The Balaban J connectivity index is 1.80. The number of carbonyl (C=O) groups is 1. The van der Waals surface area contributed by atoms with Gasteiger partial charge in [-0.05, 0) is 41.3 Å². The average Bonchev–Trinajstić information content (AvgIpc) is 2.95. The van der Waals surface area contributed by atoms with Gasteiger partial charge < -0.3 is 15.4 Å². The van der Waals surface area contributed by atoms with E-state index in [1.165, 1.54) is 0 Å². The lowest BCUT2D eigenvalue weighted by molar-refractivity contribution is 0.102. The molecule has 0 aliphatic heterocycles. The van der Waals surface area contributed by atoms with E-state index in [0.29, 0.717) is 11.3 Å². The van der Waals surface area contributed by atoms with E-state index in [-0.39, 0.29) is 12.5 Å². The van der Waals surface area contributed by atoms with Crippen LogP contribution in [0.3, 0.4) is 0 Å². The van der Waals surface area contributed by atoms with Crippen molar-refractivity contribution < 1.29 is 9.90 Å². The summed E-state index contributed by atoms with van der Waals surface area (Å²) in [4.78, 5) is 15.2. The maximum absolute atomic E-state index is 12.2. The molecule has 0 saturated carbocycles. The second-order valence-electron chi connectivity index (χ2n) is 4.59. The fourth-order valence-electron chi connectivity index (χ4n) is 2.09. The summed E-state index contributed by atoms with van der Waals surface area (Å²) in [6, 6.07) is 14.6. The van der Waals surface area contributed by atoms with Crippen LogP contribution in [0.5, 0.6) is 0 Å². The fraction of sp³-hybridized carbons (Fsp3) is 0.0625. The number of fused-ring (bicyclic) bond motifs is 1. The molecule has 0 unspecified atom stereocenters. The van der Waals surface area contributed by atoms with Crippen LogP contribution in [0.4, 0.5) is 5.69 Å². The number of hydrogen-bond acceptors (Lipinski definition) is 2. The fourth-order valence-corrected chi connectivity index (χ4v) is 2.09. The van der Waals surface area contributed by atoms with Crippen LogP contribution in [-0.4, -0.2) is 16.0 Å². The summed E-state index contributed by atoms with van der Waals surface area (Å²) in [5, 5.41) is 12.9. The first-order chi connectivity index (χ1) is 9.76. The van der Waals surface area contributed by atoms with Crippen LogP contribution in [0.2, 0.25) is 0 Å². The first kappa shape index (κ1) is 12.4. The quantitative estimate of drug-likeness (QED) is 0.682. The molecule has 0 spiro atoms. The highest BCUT2D eigenvalue weighted by Crippen LogP contribution is 2.16. The molecule has 1 amide bonds. The van der Waals surface area contributed by atoms with Gasteiger partial charge in [-0.15, -0.1) is 0 Å². The monoisotopic (exact) mass is 266 g/mol. The first-order valence-electron chi connectivity index (χ1n) is 6.34. The first-order valence-corrected chi connectivity index (χ1v) is 6.34. The van der Waals surface area contributed by atoms with Crippen molar-refractivity contribution in [3.63, 3.8) is 0 Å². The molecule has 4 nitrogen and oxygen atoms in total. The normalized spacial score (nSPS) is 10.7. The third-order valence-corrected chi connectivity index (χ3v) is 3.21. The van der Waals surface area contributed by atoms with Gasteiger partial charge in [-0.3, -0.25) is 4.79 Å². The smallest absolute Gasteiger partial charge is 0.255 e. The number of benzene rings is 2. The summed E-state index contributed by atoms with van der Waals surface area (Å²) in [5.41, 5.74) is 3.06. The summed E-state index contributed by atoms with van der Waals surface area (Å²) in [5.74, 6) is -0.154. The Morgan fingerprint density at radius 2 is 1.90 bits per heavy atom. The van der Waals surface area contributed by atoms with Crippen molar-refractivity contribution in [2.45, 2.75) is 6.61 Å². The summed E-state index contributed by atoms with van der Waals surface area (Å²) >= 11 is 0. The van der Waals surface area contributed by atoms with Gasteiger partial charge in [-0.1, -0.05) is 18.2 Å². The second kappa shape index (κ2) is 5.19. The van der Waals surface area contributed by atoms with Gasteiger partial charge in [0, 0.05) is 23.0 Å². The number of aliphatic hydroxyl groups is 1. The van der Waals surface area contributed by atoms with Crippen molar-refractivity contribution >= 4 is 22.5 Å². The Kier molecular flexibility index (Phi) is 3.23. The Labute approximate surface area is 116 Å². The molecular formula is C16H14N2O2. The van der Waals surface area contributed by atoms with Crippen LogP contribution in [0, 0.1) is 0 Å². The summed E-state index contributed by atoms with van der Waals surface area (Å²) in [7, 11) is 0. The third-order valence-electron chi connectivity index (χ3n) is 3.21. The van der Waals surface area contributed by atoms with E-state index in [4.69, 9.17) is 5.11 Å². The lowest BCUT2D eigenvalue weighted by atomic mass is 10.1. The molecule has 0 fully saturated rings. The molecular weight excluding hydrogens is 252 g/mol. The van der Waals surface area contributed by atoms with Crippen molar-refractivity contribution in [1.29, 1.82) is 0 Å². The molecule has 0 aliphatic rings. The predicted octanol–water partition coefficient (Wildman–Crippen LogP) is 2.91. The largest absolute Gasteiger partial charge is 0.392 e. The van der Waals surface area contributed by atoms with E-state index in [1.807, 2.05) is 24.4 Å². The minimum atomic E-state index is -0.154. The number of aromatic amines is 1. The molecule has 2 aromatic carbocycles. The number of H-pyrrole nitrogens is 1. The van der Waals surface area contributed by atoms with E-state index in [9.17, 15) is 4.79 Å². The maximum atomic E-state index is 12.2. The SMILES string of the molecule is O=C(Nc1ccc(CO)cc1)c1ccc2cc[nH]c2c1. The molecule has 0 bridgehead atoms. The van der Waals surface area contributed by atoms with Gasteiger partial charge in [0.05, 0.1) is 6.61 Å². The highest BCUT2D eigenvalue weighted by atomic mass is 16.3. The van der Waals surface area contributed by atoms with Crippen molar-refractivity contribution in [1.82, 2.24) is 4.98 Å². The Morgan fingerprint density at radius 3 is 2.65 bits per heavy atom. The number of carbonyl (C=O) groups excluding carboxylic acids is 1. The van der Waals surface area contributed by atoms with Crippen molar-refractivity contribution in [3.8, 4) is 0 Å². The van der Waals surface area contributed by atoms with E-state index in [1.54, 1.807) is 30.3 Å². The molecule has 3 aromatic rings. The number of nitrogens with one attached hydrogen (secondary N) is 2. The minimum Gasteiger partial charge on any atom is -0.392 e. The molecule has 0 saturated heterocycles. The molecule has 0 atom stereocenters. The van der Waals surface area contributed by atoms with Crippen molar-refractivity contribution in [2.24, 2.45) is 0 Å². The van der Waals surface area contributed by atoms with Crippen LogP contribution in [-0.2, 0) is 6.61 Å². The van der Waals surface area contributed by atoms with Gasteiger partial charge in [-0.2, -0.15) is 0 Å². The number of aromatic nitrogens is 1. The van der Waals surface area contributed by atoms with E-state index in [0.717, 1.165) is 16.5 Å². The molecule has 20 heavy (non-hydrogen) atoms. The molecule has 3 N–H and O–H groups in total. The minimum absolute atomic E-state index is 0.00226. The number of hydrogen-bond donors (Lipinski definition) is 3. The second-order valence-corrected chi connectivity index (χ2v) is 4.59. The standard InChI is InChI=1S/C16H14N2O2/c19-10-11-1-5-14(6-2-11)18-16(20)13-4-3-12-7-8-17-15(12)9-13/h1-9,17,19H,10H2,(H,18,20). The molecule has 4 heteroatoms. The zero-order valence-electron chi connectivity index (χ0n) is 10.8. The summed E-state index contributed by atoms with van der Waals surface area (Å²) < 4.78 is 0. The van der Waals surface area contributed by atoms with Crippen LogP contribution >= 0.6 is 0 Å². The molecule has 1 aromatic heterocycles. The number of amides is 1. The highest BCUT2D eigenvalue weighted by molar-refractivity contribution is 6.06. The topological polar surface area (TPSA) is 65.1 Å². The van der Waals surface area contributed by atoms with Gasteiger partial charge in [0.15, 0.2) is 0 Å². The van der Waals surface area contributed by atoms with E-state index >= 15 is 0 Å².